The van der Waals surface area contributed by atoms with Gasteiger partial charge in [-0.2, -0.15) is 0 Å². The second-order valence-corrected chi connectivity index (χ2v) is 7.93. The van der Waals surface area contributed by atoms with Crippen LogP contribution in [0.5, 0.6) is 0 Å². The van der Waals surface area contributed by atoms with Crippen LogP contribution in [0.1, 0.15) is 5.56 Å². The minimum absolute atomic E-state index is 0.662. The molecule has 0 amide bonds. The molecular formula is C24H20Cl2N2. The Morgan fingerprint density at radius 3 is 2.29 bits per heavy atom. The maximum absolute atomic E-state index is 6.82. The predicted octanol–water partition coefficient (Wildman–Crippen LogP) is 7.25. The van der Waals surface area contributed by atoms with Crippen molar-refractivity contribution in [2.75, 3.05) is 19.0 Å². The zero-order valence-corrected chi connectivity index (χ0v) is 17.5. The Labute approximate surface area is 175 Å². The number of hydrogen-bond acceptors (Lipinski definition) is 2. The van der Waals surface area contributed by atoms with E-state index in [-0.39, 0.29) is 0 Å². The van der Waals surface area contributed by atoms with Crippen molar-refractivity contribution >= 4 is 39.8 Å². The molecule has 0 atom stereocenters. The molecule has 3 aromatic carbocycles. The van der Waals surface area contributed by atoms with Crippen LogP contribution in [-0.4, -0.2) is 19.1 Å². The first-order valence-corrected chi connectivity index (χ1v) is 9.82. The quantitative estimate of drug-likeness (QED) is 0.356. The molecular weight excluding hydrogens is 387 g/mol. The first-order chi connectivity index (χ1) is 13.4. The standard InChI is InChI=1S/C24H20Cl2N2/c1-15-7-9-16(10-8-15)21-14-27-23-13-22(25)19(12-20(23)24(21)26)17-5-4-6-18(11-17)28(2)3/h4-14H,1-3H3. The minimum atomic E-state index is 0.662. The lowest BCUT2D eigenvalue weighted by molar-refractivity contribution is 1.13. The first-order valence-electron chi connectivity index (χ1n) is 9.06. The van der Waals surface area contributed by atoms with E-state index in [1.165, 1.54) is 5.56 Å². The van der Waals surface area contributed by atoms with Gasteiger partial charge in [0.15, 0.2) is 0 Å². The lowest BCUT2D eigenvalue weighted by atomic mass is 9.99. The van der Waals surface area contributed by atoms with Crippen molar-refractivity contribution in [3.63, 3.8) is 0 Å². The molecule has 0 bridgehead atoms. The highest BCUT2D eigenvalue weighted by Gasteiger charge is 2.13. The van der Waals surface area contributed by atoms with E-state index in [9.17, 15) is 0 Å². The Morgan fingerprint density at radius 1 is 0.821 bits per heavy atom. The summed E-state index contributed by atoms with van der Waals surface area (Å²) in [7, 11) is 4.05. The van der Waals surface area contributed by atoms with Crippen LogP contribution < -0.4 is 4.90 Å². The van der Waals surface area contributed by atoms with Crippen LogP contribution in [0.4, 0.5) is 5.69 Å². The molecule has 2 nitrogen and oxygen atoms in total. The SMILES string of the molecule is Cc1ccc(-c2cnc3cc(Cl)c(-c4cccc(N(C)C)c4)cc3c2Cl)cc1. The molecule has 0 saturated heterocycles. The van der Waals surface area contributed by atoms with Gasteiger partial charge in [0.1, 0.15) is 0 Å². The minimum Gasteiger partial charge on any atom is -0.378 e. The zero-order chi connectivity index (χ0) is 19.8. The van der Waals surface area contributed by atoms with Crippen molar-refractivity contribution in [2.45, 2.75) is 6.92 Å². The molecule has 140 valence electrons. The van der Waals surface area contributed by atoms with Crippen LogP contribution in [0.2, 0.25) is 10.0 Å². The van der Waals surface area contributed by atoms with E-state index < -0.39 is 0 Å². The molecule has 0 radical (unpaired) electrons. The third kappa shape index (κ3) is 3.46. The molecule has 1 heterocycles. The molecule has 4 rings (SSSR count). The van der Waals surface area contributed by atoms with Crippen LogP contribution in [0.25, 0.3) is 33.2 Å². The average Bonchev–Trinajstić information content (AvgIpc) is 2.69. The van der Waals surface area contributed by atoms with Crippen LogP contribution >= 0.6 is 23.2 Å². The molecule has 28 heavy (non-hydrogen) atoms. The molecule has 4 heteroatoms. The number of aromatic nitrogens is 1. The number of anilines is 1. The van der Waals surface area contributed by atoms with Crippen LogP contribution in [-0.2, 0) is 0 Å². The fraction of sp³-hybridized carbons (Fsp3) is 0.125. The Hall–Kier alpha value is -2.55. The summed E-state index contributed by atoms with van der Waals surface area (Å²) in [5, 5.41) is 2.25. The molecule has 0 aliphatic carbocycles. The van der Waals surface area contributed by atoms with Crippen LogP contribution in [0, 0.1) is 6.92 Å². The molecule has 4 aromatic rings. The van der Waals surface area contributed by atoms with Crippen molar-refractivity contribution in [3.05, 3.63) is 82.5 Å². The number of rotatable bonds is 3. The third-order valence-electron chi connectivity index (χ3n) is 4.93. The molecule has 0 fully saturated rings. The third-order valence-corrected chi connectivity index (χ3v) is 5.65. The molecule has 0 N–H and O–H groups in total. The Kier molecular flexibility index (Phi) is 5.01. The highest BCUT2D eigenvalue weighted by Crippen LogP contribution is 2.38. The smallest absolute Gasteiger partial charge is 0.0732 e. The van der Waals surface area contributed by atoms with Crippen molar-refractivity contribution in [2.24, 2.45) is 0 Å². The second-order valence-electron chi connectivity index (χ2n) is 7.15. The number of benzene rings is 3. The number of hydrogen-bond donors (Lipinski definition) is 0. The first kappa shape index (κ1) is 18.8. The van der Waals surface area contributed by atoms with Gasteiger partial charge < -0.3 is 4.90 Å². The lowest BCUT2D eigenvalue weighted by Gasteiger charge is -2.15. The summed E-state index contributed by atoms with van der Waals surface area (Å²) < 4.78 is 0. The van der Waals surface area contributed by atoms with Crippen LogP contribution in [0.3, 0.4) is 0 Å². The summed E-state index contributed by atoms with van der Waals surface area (Å²) in [5.41, 5.74) is 7.09. The Morgan fingerprint density at radius 2 is 1.57 bits per heavy atom. The topological polar surface area (TPSA) is 16.1 Å². The summed E-state index contributed by atoms with van der Waals surface area (Å²) in [5.74, 6) is 0. The average molecular weight is 407 g/mol. The highest BCUT2D eigenvalue weighted by atomic mass is 35.5. The Bertz CT molecular complexity index is 1170. The number of halogens is 2. The van der Waals surface area contributed by atoms with E-state index >= 15 is 0 Å². The van der Waals surface area contributed by atoms with E-state index in [4.69, 9.17) is 23.2 Å². The molecule has 0 saturated carbocycles. The summed E-state index contributed by atoms with van der Waals surface area (Å²) in [6, 6.07) is 20.5. The molecule has 0 unspecified atom stereocenters. The van der Waals surface area contributed by atoms with E-state index in [1.807, 2.05) is 38.5 Å². The molecule has 1 aromatic heterocycles. The van der Waals surface area contributed by atoms with Gasteiger partial charge in [-0.25, -0.2) is 0 Å². The summed E-state index contributed by atoms with van der Waals surface area (Å²) >= 11 is 13.4. The number of pyridine rings is 1. The van der Waals surface area contributed by atoms with Crippen molar-refractivity contribution in [1.29, 1.82) is 0 Å². The number of fused-ring (bicyclic) bond motifs is 1. The zero-order valence-electron chi connectivity index (χ0n) is 16.0. The molecule has 0 aliphatic rings. The van der Waals surface area contributed by atoms with Crippen molar-refractivity contribution < 1.29 is 0 Å². The molecule has 0 aliphatic heterocycles. The van der Waals surface area contributed by atoms with E-state index in [1.54, 1.807) is 0 Å². The van der Waals surface area contributed by atoms with Crippen molar-refractivity contribution in [1.82, 2.24) is 4.98 Å². The second kappa shape index (κ2) is 7.46. The predicted molar refractivity (Wildman–Crippen MR) is 122 cm³/mol. The summed E-state index contributed by atoms with van der Waals surface area (Å²) in [6.07, 6.45) is 1.82. The van der Waals surface area contributed by atoms with E-state index in [0.717, 1.165) is 38.8 Å². The van der Waals surface area contributed by atoms with Gasteiger partial charge in [0.25, 0.3) is 0 Å². The number of aryl methyl sites for hydroxylation is 1. The van der Waals surface area contributed by atoms with Gasteiger partial charge in [0.05, 0.1) is 15.6 Å². The highest BCUT2D eigenvalue weighted by molar-refractivity contribution is 6.39. The van der Waals surface area contributed by atoms with Gasteiger partial charge in [-0.1, -0.05) is 65.2 Å². The van der Waals surface area contributed by atoms with Gasteiger partial charge in [-0.3, -0.25) is 4.98 Å². The van der Waals surface area contributed by atoms with E-state index in [0.29, 0.717) is 10.0 Å². The fourth-order valence-corrected chi connectivity index (χ4v) is 3.86. The largest absolute Gasteiger partial charge is 0.378 e. The van der Waals surface area contributed by atoms with Crippen molar-refractivity contribution in [3.8, 4) is 22.3 Å². The lowest BCUT2D eigenvalue weighted by Crippen LogP contribution is -2.08. The van der Waals surface area contributed by atoms with Gasteiger partial charge in [-0.15, -0.1) is 0 Å². The van der Waals surface area contributed by atoms with Gasteiger partial charge in [-0.05, 0) is 42.3 Å². The summed E-state index contributed by atoms with van der Waals surface area (Å²) in [4.78, 5) is 6.68. The molecule has 0 spiro atoms. The number of nitrogens with zero attached hydrogens (tertiary/aromatic N) is 2. The van der Waals surface area contributed by atoms with Gasteiger partial charge >= 0.3 is 0 Å². The van der Waals surface area contributed by atoms with Crippen LogP contribution in [0.15, 0.2) is 66.9 Å². The van der Waals surface area contributed by atoms with E-state index in [2.05, 4.69) is 59.3 Å². The normalized spacial score (nSPS) is 11.0. The maximum Gasteiger partial charge on any atom is 0.0732 e. The maximum atomic E-state index is 6.82. The fourth-order valence-electron chi connectivity index (χ4n) is 3.29. The Balaban J connectivity index is 1.90. The van der Waals surface area contributed by atoms with Gasteiger partial charge in [0, 0.05) is 42.5 Å². The van der Waals surface area contributed by atoms with Gasteiger partial charge in [0.2, 0.25) is 0 Å². The monoisotopic (exact) mass is 406 g/mol. The summed E-state index contributed by atoms with van der Waals surface area (Å²) in [6.45, 7) is 2.07.